The molecule has 32 heavy (non-hydrogen) atoms. The number of rotatable bonds is 4. The lowest BCUT2D eigenvalue weighted by molar-refractivity contribution is -0.732. The van der Waals surface area contributed by atoms with Gasteiger partial charge in [-0.1, -0.05) is 67.4 Å². The minimum atomic E-state index is -0.320. The summed E-state index contributed by atoms with van der Waals surface area (Å²) in [7, 11) is 0. The molecule has 5 heteroatoms. The van der Waals surface area contributed by atoms with Gasteiger partial charge in [-0.25, -0.2) is 4.39 Å². The maximum Gasteiger partial charge on any atom is 0.142 e. The number of ether oxygens (including phenoxy) is 1. The lowest BCUT2D eigenvalue weighted by Crippen LogP contribution is -2.92. The van der Waals surface area contributed by atoms with E-state index in [9.17, 15) is 4.39 Å². The number of hydrogen-bond acceptors (Lipinski definition) is 1. The fraction of sp³-hybridized carbons (Fsp3) is 0.481. The molecule has 176 valence electrons. The molecule has 2 aliphatic rings. The third-order valence-electron chi connectivity index (χ3n) is 5.86. The molecule has 3 unspecified atom stereocenters. The quantitative estimate of drug-likeness (QED) is 0.458. The lowest BCUT2D eigenvalue weighted by Gasteiger charge is -2.22. The van der Waals surface area contributed by atoms with E-state index in [1.54, 1.807) is 12.1 Å². The minimum Gasteiger partial charge on any atom is -0.375 e. The molecule has 2 fully saturated rings. The van der Waals surface area contributed by atoms with E-state index in [0.29, 0.717) is 12.0 Å². The molecule has 2 aromatic rings. The Morgan fingerprint density at radius 1 is 1.03 bits per heavy atom. The first-order valence-corrected chi connectivity index (χ1v) is 12.5. The average Bonchev–Trinajstić information content (AvgIpc) is 3.64. The highest BCUT2D eigenvalue weighted by atomic mass is 35.5. The summed E-state index contributed by atoms with van der Waals surface area (Å²) in [6.07, 6.45) is 7.66. The predicted molar refractivity (Wildman–Crippen MR) is 134 cm³/mol. The van der Waals surface area contributed by atoms with E-state index in [1.807, 2.05) is 56.3 Å². The van der Waals surface area contributed by atoms with Crippen molar-refractivity contribution < 1.29 is 14.4 Å². The van der Waals surface area contributed by atoms with Crippen LogP contribution in [-0.4, -0.2) is 19.3 Å². The van der Waals surface area contributed by atoms with Gasteiger partial charge in [0.25, 0.3) is 0 Å². The van der Waals surface area contributed by atoms with Gasteiger partial charge in [0, 0.05) is 29.5 Å². The van der Waals surface area contributed by atoms with E-state index in [1.165, 1.54) is 12.8 Å². The van der Waals surface area contributed by atoms with Crippen molar-refractivity contribution in [2.75, 3.05) is 13.2 Å². The number of benzene rings is 2. The summed E-state index contributed by atoms with van der Waals surface area (Å²) in [6, 6.07) is 15.5. The highest BCUT2D eigenvalue weighted by Gasteiger charge is 2.37. The van der Waals surface area contributed by atoms with E-state index in [-0.39, 0.29) is 16.9 Å². The van der Waals surface area contributed by atoms with Gasteiger partial charge in [0.15, 0.2) is 0 Å². The standard InChI is InChI=1S/C19H25ClFNO.C6H5Cl.C2H6/c1-2-3-13-4-9-18(15-7-8-16(20)17(21)10-15)22-19(12-23-11-13)14-5-6-14;7-6-4-2-1-3-5-6;1-2/h2,7-8,10,13-14,18-19,22H,1,3-6,9,11-12H2;1-5H;1-2H3/p+1. The van der Waals surface area contributed by atoms with Crippen LogP contribution in [0.25, 0.3) is 0 Å². The van der Waals surface area contributed by atoms with Crippen molar-refractivity contribution in [3.63, 3.8) is 0 Å². The van der Waals surface area contributed by atoms with Crippen LogP contribution in [0.2, 0.25) is 10.0 Å². The van der Waals surface area contributed by atoms with Crippen LogP contribution in [0.5, 0.6) is 0 Å². The Labute approximate surface area is 203 Å². The first kappa shape index (κ1) is 26.9. The molecule has 1 aliphatic carbocycles. The zero-order valence-electron chi connectivity index (χ0n) is 19.3. The second-order valence-electron chi connectivity index (χ2n) is 8.27. The molecular formula is C27H37Cl2FNO+. The Morgan fingerprint density at radius 3 is 2.31 bits per heavy atom. The molecule has 4 rings (SSSR count). The Hall–Kier alpha value is -1.39. The third kappa shape index (κ3) is 9.23. The van der Waals surface area contributed by atoms with Crippen LogP contribution in [0.1, 0.15) is 57.6 Å². The summed E-state index contributed by atoms with van der Waals surface area (Å²) in [6.45, 7) is 9.46. The fourth-order valence-electron chi connectivity index (χ4n) is 3.99. The van der Waals surface area contributed by atoms with Crippen molar-refractivity contribution in [2.24, 2.45) is 11.8 Å². The number of nitrogens with two attached hydrogens (primary N) is 1. The summed E-state index contributed by atoms with van der Waals surface area (Å²) in [4.78, 5) is 0. The molecule has 1 saturated heterocycles. The summed E-state index contributed by atoms with van der Waals surface area (Å²) in [5.41, 5.74) is 1.04. The average molecular weight is 482 g/mol. The topological polar surface area (TPSA) is 25.8 Å². The second kappa shape index (κ2) is 14.7. The van der Waals surface area contributed by atoms with Crippen LogP contribution in [0, 0.1) is 17.7 Å². The van der Waals surface area contributed by atoms with E-state index in [2.05, 4.69) is 11.9 Å². The SMILES string of the molecule is C=CCC1CCC(c2ccc(Cl)c(F)c2)[NH2+]C(C2CC2)COC1.CC.Clc1ccccc1. The Kier molecular flexibility index (Phi) is 12.3. The zero-order valence-corrected chi connectivity index (χ0v) is 20.8. The van der Waals surface area contributed by atoms with Gasteiger partial charge >= 0.3 is 0 Å². The van der Waals surface area contributed by atoms with Gasteiger partial charge in [-0.2, -0.15) is 0 Å². The Balaban J connectivity index is 0.000000340. The van der Waals surface area contributed by atoms with Crippen molar-refractivity contribution in [1.82, 2.24) is 0 Å². The van der Waals surface area contributed by atoms with Gasteiger partial charge in [-0.05, 0) is 55.9 Å². The maximum atomic E-state index is 13.9. The van der Waals surface area contributed by atoms with E-state index in [0.717, 1.165) is 49.0 Å². The highest BCUT2D eigenvalue weighted by Crippen LogP contribution is 2.33. The molecule has 0 spiro atoms. The molecule has 3 atom stereocenters. The third-order valence-corrected chi connectivity index (χ3v) is 6.42. The summed E-state index contributed by atoms with van der Waals surface area (Å²) in [5.74, 6) is 0.948. The van der Waals surface area contributed by atoms with Crippen molar-refractivity contribution >= 4 is 23.2 Å². The molecule has 0 bridgehead atoms. The molecule has 1 saturated carbocycles. The van der Waals surface area contributed by atoms with Crippen molar-refractivity contribution in [1.29, 1.82) is 0 Å². The van der Waals surface area contributed by atoms with E-state index >= 15 is 0 Å². The molecular weight excluding hydrogens is 444 g/mol. The highest BCUT2D eigenvalue weighted by molar-refractivity contribution is 6.30. The van der Waals surface area contributed by atoms with E-state index in [4.69, 9.17) is 27.9 Å². The largest absolute Gasteiger partial charge is 0.375 e. The number of halogens is 3. The maximum absolute atomic E-state index is 13.9. The molecule has 0 aromatic heterocycles. The summed E-state index contributed by atoms with van der Waals surface area (Å²) >= 11 is 11.4. The molecule has 2 N–H and O–H groups in total. The van der Waals surface area contributed by atoms with Crippen molar-refractivity contribution in [2.45, 2.75) is 58.0 Å². The minimum absolute atomic E-state index is 0.198. The van der Waals surface area contributed by atoms with Gasteiger partial charge in [0.2, 0.25) is 0 Å². The summed E-state index contributed by atoms with van der Waals surface area (Å²) in [5, 5.41) is 3.40. The Bertz CT molecular complexity index is 797. The molecule has 0 amide bonds. The predicted octanol–water partition coefficient (Wildman–Crippen LogP) is 7.23. The van der Waals surface area contributed by atoms with Gasteiger partial charge in [-0.15, -0.1) is 6.58 Å². The molecule has 2 nitrogen and oxygen atoms in total. The van der Waals surface area contributed by atoms with Gasteiger partial charge in [-0.3, -0.25) is 0 Å². The first-order chi connectivity index (χ1) is 15.6. The van der Waals surface area contributed by atoms with Crippen LogP contribution in [-0.2, 0) is 4.74 Å². The number of allylic oxidation sites excluding steroid dienone is 1. The molecule has 2 aromatic carbocycles. The lowest BCUT2D eigenvalue weighted by atomic mass is 9.93. The molecule has 0 radical (unpaired) electrons. The van der Waals surface area contributed by atoms with Crippen molar-refractivity contribution in [3.05, 3.63) is 82.6 Å². The van der Waals surface area contributed by atoms with Crippen molar-refractivity contribution in [3.8, 4) is 0 Å². The van der Waals surface area contributed by atoms with Crippen LogP contribution >= 0.6 is 23.2 Å². The van der Waals surface area contributed by atoms with Gasteiger partial charge in [0.05, 0.1) is 11.6 Å². The number of hydrogen-bond donors (Lipinski definition) is 1. The monoisotopic (exact) mass is 480 g/mol. The smallest absolute Gasteiger partial charge is 0.142 e. The van der Waals surface area contributed by atoms with Gasteiger partial charge in [0.1, 0.15) is 17.9 Å². The van der Waals surface area contributed by atoms with Gasteiger partial charge < -0.3 is 10.1 Å². The first-order valence-electron chi connectivity index (χ1n) is 11.8. The number of quaternary nitrogens is 1. The zero-order chi connectivity index (χ0) is 23.3. The normalized spacial score (nSPS) is 23.2. The van der Waals surface area contributed by atoms with Crippen LogP contribution in [0.15, 0.2) is 61.2 Å². The second-order valence-corrected chi connectivity index (χ2v) is 9.12. The Morgan fingerprint density at radius 2 is 1.75 bits per heavy atom. The molecule has 1 heterocycles. The van der Waals surface area contributed by atoms with Crippen LogP contribution in [0.3, 0.4) is 0 Å². The molecule has 1 aliphatic heterocycles. The fourth-order valence-corrected chi connectivity index (χ4v) is 4.26. The van der Waals surface area contributed by atoms with Crippen LogP contribution in [0.4, 0.5) is 4.39 Å². The van der Waals surface area contributed by atoms with E-state index < -0.39 is 0 Å². The van der Waals surface area contributed by atoms with Crippen LogP contribution < -0.4 is 5.32 Å². The summed E-state index contributed by atoms with van der Waals surface area (Å²) < 4.78 is 19.9.